The number of aliphatic hydroxyl groups is 2. The molecular formula is C23H29N8O9P. The Morgan fingerprint density at radius 3 is 2.71 bits per heavy atom. The molecule has 3 heterocycles. The Hall–Kier alpha value is -3.82. The summed E-state index contributed by atoms with van der Waals surface area (Å²) in [6.45, 7) is 5.44. The summed E-state index contributed by atoms with van der Waals surface area (Å²) >= 11 is 0. The fourth-order valence-electron chi connectivity index (χ4n) is 3.92. The molecule has 6 atom stereocenters. The van der Waals surface area contributed by atoms with Gasteiger partial charge in [-0.25, -0.2) is 14.5 Å². The second-order valence-corrected chi connectivity index (χ2v) is 11.8. The number of nitrogens with one attached hydrogen (secondary N) is 2. The van der Waals surface area contributed by atoms with Crippen molar-refractivity contribution in [2.75, 3.05) is 6.61 Å². The predicted molar refractivity (Wildman–Crippen MR) is 141 cm³/mol. The standard InChI is InChI=1S/C23H29N8O9P/c1-13(21(35)39-22(2,3)4)28-41(36,40-14-8-6-5-7-9-14)37-10-23(29-30-24)17(33)16(32)20(38-23)31-12-27-15-18(31)25-11-26-19(15)34/h5-9,11-13,16-17,20,32-33H,10H2,1-4H3,(H,28,36)(H,25,26,34)/t13-,16+,17-,20+,23+,41?/m0/s1. The molecule has 0 saturated carbocycles. The fourth-order valence-corrected chi connectivity index (χ4v) is 5.43. The van der Waals surface area contributed by atoms with Crippen LogP contribution in [0.2, 0.25) is 0 Å². The fraction of sp³-hybridized carbons (Fsp3) is 0.478. The molecule has 0 radical (unpaired) electrons. The Balaban J connectivity index is 1.63. The molecule has 17 nitrogen and oxygen atoms in total. The number of rotatable bonds is 10. The highest BCUT2D eigenvalue weighted by Crippen LogP contribution is 2.48. The third kappa shape index (κ3) is 6.57. The second kappa shape index (κ2) is 11.6. The van der Waals surface area contributed by atoms with Crippen molar-refractivity contribution in [2.45, 2.75) is 63.5 Å². The van der Waals surface area contributed by atoms with Gasteiger partial charge in [-0.05, 0) is 45.4 Å². The zero-order chi connectivity index (χ0) is 30.0. The van der Waals surface area contributed by atoms with E-state index >= 15 is 0 Å². The molecule has 1 unspecified atom stereocenters. The number of imidazole rings is 1. The number of nitrogens with zero attached hydrogens (tertiary/aromatic N) is 6. The van der Waals surface area contributed by atoms with Gasteiger partial charge in [-0.2, -0.15) is 5.09 Å². The van der Waals surface area contributed by atoms with Gasteiger partial charge in [-0.1, -0.05) is 23.3 Å². The van der Waals surface area contributed by atoms with Crippen molar-refractivity contribution < 1.29 is 38.1 Å². The molecule has 18 heteroatoms. The minimum absolute atomic E-state index is 0.00795. The third-order valence-corrected chi connectivity index (χ3v) is 7.40. The number of hydrogen-bond acceptors (Lipinski definition) is 12. The van der Waals surface area contributed by atoms with Crippen molar-refractivity contribution in [2.24, 2.45) is 5.11 Å². The van der Waals surface area contributed by atoms with E-state index in [1.54, 1.807) is 39.0 Å². The highest BCUT2D eigenvalue weighted by atomic mass is 31.2. The van der Waals surface area contributed by atoms with E-state index in [2.05, 4.69) is 30.1 Å². The average molecular weight is 593 g/mol. The number of carbonyl (C=O) groups is 1. The number of azide groups is 1. The first-order valence-electron chi connectivity index (χ1n) is 12.3. The third-order valence-electron chi connectivity index (χ3n) is 5.78. The van der Waals surface area contributed by atoms with Crippen LogP contribution in [0, 0.1) is 0 Å². The van der Waals surface area contributed by atoms with Crippen LogP contribution in [0.5, 0.6) is 5.75 Å². The van der Waals surface area contributed by atoms with Crippen LogP contribution in [0.1, 0.15) is 33.9 Å². The average Bonchev–Trinajstić information content (AvgIpc) is 3.43. The number of benzene rings is 1. The molecule has 0 aliphatic carbocycles. The van der Waals surface area contributed by atoms with Gasteiger partial charge >= 0.3 is 13.7 Å². The summed E-state index contributed by atoms with van der Waals surface area (Å²) in [4.78, 5) is 37.7. The number of carbonyl (C=O) groups excluding carboxylic acids is 1. The first-order chi connectivity index (χ1) is 19.3. The molecule has 4 N–H and O–H groups in total. The maximum atomic E-state index is 13.9. The van der Waals surface area contributed by atoms with Crippen molar-refractivity contribution in [1.82, 2.24) is 24.6 Å². The first-order valence-corrected chi connectivity index (χ1v) is 13.8. The lowest BCUT2D eigenvalue weighted by Crippen LogP contribution is -2.46. The van der Waals surface area contributed by atoms with Crippen molar-refractivity contribution in [3.8, 4) is 5.75 Å². The van der Waals surface area contributed by atoms with Crippen LogP contribution in [0.25, 0.3) is 21.6 Å². The van der Waals surface area contributed by atoms with Crippen LogP contribution >= 0.6 is 7.75 Å². The van der Waals surface area contributed by atoms with Crippen molar-refractivity contribution in [3.05, 3.63) is 63.8 Å². The number of ether oxygens (including phenoxy) is 2. The zero-order valence-electron chi connectivity index (χ0n) is 22.4. The maximum Gasteiger partial charge on any atom is 0.459 e. The minimum Gasteiger partial charge on any atom is -0.459 e. The normalized spacial score (nSPS) is 24.8. The van der Waals surface area contributed by atoms with E-state index in [-0.39, 0.29) is 16.9 Å². The summed E-state index contributed by atoms with van der Waals surface area (Å²) in [7, 11) is -4.49. The summed E-state index contributed by atoms with van der Waals surface area (Å²) in [6, 6.07) is 6.68. The molecule has 220 valence electrons. The lowest BCUT2D eigenvalue weighted by molar-refractivity contribution is -0.156. The monoisotopic (exact) mass is 592 g/mol. The number of aromatic amines is 1. The second-order valence-electron chi connectivity index (χ2n) is 10.1. The van der Waals surface area contributed by atoms with E-state index in [4.69, 9.17) is 18.5 Å². The molecule has 4 rings (SSSR count). The summed E-state index contributed by atoms with van der Waals surface area (Å²) in [5.74, 6) is -0.658. The van der Waals surface area contributed by atoms with Gasteiger partial charge in [0.05, 0.1) is 19.3 Å². The molecule has 1 aliphatic rings. The number of hydrogen-bond donors (Lipinski definition) is 4. The summed E-state index contributed by atoms with van der Waals surface area (Å²) in [6.07, 6.45) is -2.86. The van der Waals surface area contributed by atoms with Crippen LogP contribution in [-0.2, 0) is 23.4 Å². The number of para-hydroxylation sites is 1. The molecule has 1 fully saturated rings. The molecule has 1 aliphatic heterocycles. The zero-order valence-corrected chi connectivity index (χ0v) is 23.3. The molecule has 0 amide bonds. The number of fused-ring (bicyclic) bond motifs is 1. The lowest BCUT2D eigenvalue weighted by Gasteiger charge is -2.30. The topological polar surface area (TPSA) is 236 Å². The number of H-pyrrole nitrogens is 1. The number of esters is 1. The Labute approximate surface area is 232 Å². The van der Waals surface area contributed by atoms with E-state index in [1.165, 1.54) is 19.1 Å². The van der Waals surface area contributed by atoms with Crippen molar-refractivity contribution >= 4 is 24.9 Å². The molecule has 0 spiro atoms. The van der Waals surface area contributed by atoms with Crippen LogP contribution in [0.4, 0.5) is 0 Å². The van der Waals surface area contributed by atoms with Gasteiger partial charge in [0.15, 0.2) is 17.4 Å². The number of aromatic nitrogens is 4. The SMILES string of the molecule is C[C@H](NP(=O)(OC[C@@]1(N=[N+]=[N-])O[C@@H](n2cnc3c(=O)[nH]cnc32)[C@H](O)[C@@H]1O)Oc1ccccc1)C(=O)OC(C)(C)C. The van der Waals surface area contributed by atoms with E-state index in [0.29, 0.717) is 0 Å². The van der Waals surface area contributed by atoms with Crippen molar-refractivity contribution in [1.29, 1.82) is 0 Å². The van der Waals surface area contributed by atoms with Gasteiger partial charge in [0, 0.05) is 4.91 Å². The largest absolute Gasteiger partial charge is 0.459 e. The van der Waals surface area contributed by atoms with Crippen LogP contribution < -0.4 is 15.2 Å². The van der Waals surface area contributed by atoms with E-state index < -0.39 is 61.7 Å². The molecule has 41 heavy (non-hydrogen) atoms. The maximum absolute atomic E-state index is 13.9. The molecular weight excluding hydrogens is 563 g/mol. The van der Waals surface area contributed by atoms with Gasteiger partial charge in [-0.3, -0.25) is 18.7 Å². The van der Waals surface area contributed by atoms with Crippen LogP contribution in [-0.4, -0.2) is 71.9 Å². The molecule has 2 aromatic heterocycles. The predicted octanol–water partition coefficient (Wildman–Crippen LogP) is 1.90. The van der Waals surface area contributed by atoms with Gasteiger partial charge in [0.1, 0.15) is 29.6 Å². The van der Waals surface area contributed by atoms with E-state index in [0.717, 1.165) is 17.2 Å². The van der Waals surface area contributed by atoms with E-state index in [1.807, 2.05) is 0 Å². The summed E-state index contributed by atoms with van der Waals surface area (Å²) in [5.41, 5.74) is 5.48. The molecule has 1 saturated heterocycles. The van der Waals surface area contributed by atoms with Gasteiger partial charge in [0.2, 0.25) is 5.72 Å². The van der Waals surface area contributed by atoms with Crippen LogP contribution in [0.3, 0.4) is 0 Å². The Bertz CT molecular complexity index is 1550. The van der Waals surface area contributed by atoms with Crippen LogP contribution in [0.15, 0.2) is 52.9 Å². The summed E-state index contributed by atoms with van der Waals surface area (Å²) in [5, 5.41) is 27.8. The molecule has 3 aromatic rings. The van der Waals surface area contributed by atoms with Crippen molar-refractivity contribution in [3.63, 3.8) is 0 Å². The Morgan fingerprint density at radius 2 is 2.05 bits per heavy atom. The minimum atomic E-state index is -4.49. The number of aliphatic hydroxyl groups excluding tert-OH is 2. The van der Waals surface area contributed by atoms with Gasteiger partial charge in [-0.15, -0.1) is 0 Å². The first kappa shape index (κ1) is 30.1. The summed E-state index contributed by atoms with van der Waals surface area (Å²) < 4.78 is 37.4. The molecule has 0 bridgehead atoms. The Kier molecular flexibility index (Phi) is 8.52. The highest BCUT2D eigenvalue weighted by molar-refractivity contribution is 7.52. The quantitative estimate of drug-likeness (QED) is 0.0868. The smallest absolute Gasteiger partial charge is 0.459 e. The van der Waals surface area contributed by atoms with Gasteiger partial charge in [0.25, 0.3) is 5.56 Å². The Morgan fingerprint density at radius 1 is 1.34 bits per heavy atom. The van der Waals surface area contributed by atoms with Gasteiger partial charge < -0.3 is 29.2 Å². The van der Waals surface area contributed by atoms with E-state index in [9.17, 15) is 29.9 Å². The molecule has 1 aromatic carbocycles. The lowest BCUT2D eigenvalue weighted by atomic mass is 10.1. The highest BCUT2D eigenvalue weighted by Gasteiger charge is 2.56.